The van der Waals surface area contributed by atoms with E-state index >= 15 is 0 Å². The van der Waals surface area contributed by atoms with Crippen LogP contribution < -0.4 is 0 Å². The van der Waals surface area contributed by atoms with Gasteiger partial charge < -0.3 is 22.8 Å². The molecular formula is C139H87N5S2. The van der Waals surface area contributed by atoms with E-state index < -0.39 is 0 Å². The molecule has 23 aromatic carbocycles. The van der Waals surface area contributed by atoms with Crippen LogP contribution >= 0.6 is 22.7 Å². The van der Waals surface area contributed by atoms with Crippen LogP contribution in [0.3, 0.4) is 0 Å². The number of rotatable bonds is 10. The van der Waals surface area contributed by atoms with Crippen LogP contribution in [0.15, 0.2) is 528 Å². The van der Waals surface area contributed by atoms with E-state index in [1.54, 1.807) is 0 Å². The molecule has 1 spiro atoms. The lowest BCUT2D eigenvalue weighted by Crippen LogP contribution is -2.25. The zero-order valence-corrected chi connectivity index (χ0v) is 80.9. The van der Waals surface area contributed by atoms with E-state index in [1.165, 1.54) is 278 Å². The fraction of sp³-hybridized carbons (Fsp3) is 0.00719. The standard InChI is InChI=1S/C49H31N.C48H30N2S.C42H26N2S/c1-2-13-32(14-3-1)33-15-12-16-36(29-33)50-47-24-11-7-20-41(47)42-30-34(26-28-48(42)50)35-25-27-40-39-19-6-10-23-45(39)49(46(40)31-35)43-21-8-4-17-37(43)38-18-5-9-22-44(38)49;1-3-13-31(14-4-1)39-29-35(30-42-38-19-9-12-22-47(38)51-48(39)42)50-44-21-11-8-18-37(44)41-28-33(24-26-46(41)50)32-23-25-45-40(27-32)36-17-7-10-20-43(36)49(45)34-15-5-2-6-16-34;1-2-10-29(11-3-1)43-37-15-7-4-12-31(37)34-24-27(18-21-39(34)43)28-19-22-40-35(25-28)32-13-5-8-16-38(32)44(40)30-20-23-42-36(26-30)33-14-6-9-17-41(33)45-42/h1-31H;1-30H;1-26H. The maximum atomic E-state index is 2.48. The highest BCUT2D eigenvalue weighted by atomic mass is 32.1. The third kappa shape index (κ3) is 12.9. The summed E-state index contributed by atoms with van der Waals surface area (Å²) in [7, 11) is 0. The molecule has 0 fully saturated rings. The topological polar surface area (TPSA) is 24.6 Å². The van der Waals surface area contributed by atoms with Crippen LogP contribution in [0, 0.1) is 0 Å². The molecule has 0 unspecified atom stereocenters. The molecule has 0 N–H and O–H groups in total. The van der Waals surface area contributed by atoms with E-state index in [-0.39, 0.29) is 5.41 Å². The maximum absolute atomic E-state index is 2.48. The van der Waals surface area contributed by atoms with Crippen molar-refractivity contribution in [3.8, 4) is 106 Å². The smallest absolute Gasteiger partial charge is 0.0725 e. The highest BCUT2D eigenvalue weighted by molar-refractivity contribution is 7.26. The van der Waals surface area contributed by atoms with Gasteiger partial charge in [-0.05, 0) is 271 Å². The van der Waals surface area contributed by atoms with Gasteiger partial charge in [0.05, 0.1) is 60.6 Å². The highest BCUT2D eigenvalue weighted by Gasteiger charge is 2.52. The Hall–Kier alpha value is -18.5. The van der Waals surface area contributed by atoms with Gasteiger partial charge >= 0.3 is 0 Å². The minimum Gasteiger partial charge on any atom is -0.309 e. The Balaban J connectivity index is 0.000000102. The Labute approximate surface area is 850 Å². The third-order valence-corrected chi connectivity index (χ3v) is 33.4. The van der Waals surface area contributed by atoms with Crippen LogP contribution in [0.5, 0.6) is 0 Å². The first kappa shape index (κ1) is 83.3. The molecule has 146 heavy (non-hydrogen) atoms. The van der Waals surface area contributed by atoms with Crippen LogP contribution in [0.1, 0.15) is 22.3 Å². The molecule has 5 nitrogen and oxygen atoms in total. The molecule has 0 amide bonds. The first-order valence-electron chi connectivity index (χ1n) is 50.2. The summed E-state index contributed by atoms with van der Waals surface area (Å²) >= 11 is 3.75. The molecule has 0 radical (unpaired) electrons. The second-order valence-electron chi connectivity index (χ2n) is 38.8. The molecule has 7 heteroatoms. The van der Waals surface area contributed by atoms with Crippen molar-refractivity contribution in [3.63, 3.8) is 0 Å². The van der Waals surface area contributed by atoms with Gasteiger partial charge in [-0.2, -0.15) is 0 Å². The van der Waals surface area contributed by atoms with E-state index in [4.69, 9.17) is 0 Å². The zero-order chi connectivity index (χ0) is 95.8. The summed E-state index contributed by atoms with van der Waals surface area (Å²) in [5, 5.41) is 17.9. The summed E-state index contributed by atoms with van der Waals surface area (Å²) < 4.78 is 17.4. The fourth-order valence-electron chi connectivity index (χ4n) is 24.7. The highest BCUT2D eigenvalue weighted by Crippen LogP contribution is 2.64. The molecule has 2 aliphatic carbocycles. The minimum atomic E-state index is -0.348. The molecule has 0 saturated carbocycles. The molecule has 30 aromatic rings. The summed E-state index contributed by atoms with van der Waals surface area (Å²) in [5.41, 5.74) is 40.9. The first-order chi connectivity index (χ1) is 72.4. The Kier molecular flexibility index (Phi) is 19.0. The normalized spacial score (nSPS) is 12.4. The minimum absolute atomic E-state index is 0.348. The quantitative estimate of drug-likeness (QED) is 0.130. The van der Waals surface area contributed by atoms with E-state index in [9.17, 15) is 0 Å². The van der Waals surface area contributed by atoms with Gasteiger partial charge in [-0.15, -0.1) is 22.7 Å². The van der Waals surface area contributed by atoms with Gasteiger partial charge in [0.25, 0.3) is 0 Å². The van der Waals surface area contributed by atoms with E-state index in [2.05, 4.69) is 551 Å². The van der Waals surface area contributed by atoms with Crippen molar-refractivity contribution in [1.29, 1.82) is 0 Å². The predicted octanol–water partition coefficient (Wildman–Crippen LogP) is 38.0. The van der Waals surface area contributed by atoms with Crippen molar-refractivity contribution in [2.75, 3.05) is 0 Å². The Bertz CT molecular complexity index is 10500. The van der Waals surface area contributed by atoms with Gasteiger partial charge in [0.2, 0.25) is 0 Å². The number of aromatic nitrogens is 5. The van der Waals surface area contributed by atoms with E-state index in [1.807, 2.05) is 22.7 Å². The number of nitrogens with zero attached hydrogens (tertiary/aromatic N) is 5. The van der Waals surface area contributed by atoms with E-state index in [0.29, 0.717) is 0 Å². The van der Waals surface area contributed by atoms with Gasteiger partial charge in [0, 0.05) is 128 Å². The molecule has 680 valence electrons. The average Bonchev–Trinajstić information content (AvgIpc) is 1.50. The molecule has 0 saturated heterocycles. The molecular weight excluding hydrogens is 1800 g/mol. The lowest BCUT2D eigenvalue weighted by Gasteiger charge is -2.30. The third-order valence-electron chi connectivity index (χ3n) is 31.0. The lowest BCUT2D eigenvalue weighted by molar-refractivity contribution is 0.794. The van der Waals surface area contributed by atoms with Gasteiger partial charge in [-0.25, -0.2) is 0 Å². The van der Waals surface area contributed by atoms with Crippen molar-refractivity contribution < 1.29 is 0 Å². The van der Waals surface area contributed by atoms with Gasteiger partial charge in [-0.3, -0.25) is 0 Å². The SMILES string of the molecule is c1ccc(-c2cc(-n3c4ccccc4c4cc(-c5ccc6c(c5)c5ccccc5n6-c5ccccc5)ccc43)cc3c2sc2ccccc23)cc1.c1ccc(-c2cccc(-n3c4ccccc4c4cc(-c5ccc6c(c5)C5(c7ccccc7-c7ccccc75)c5ccccc5-6)ccc43)c2)cc1.c1ccc(-n2c3ccccc3c3cc(-c4ccc5c(c4)c4ccccc4n5-c4ccc5sc6ccccc6c5c4)ccc32)cc1. The Morgan fingerprint density at radius 3 is 0.856 bits per heavy atom. The van der Waals surface area contributed by atoms with Gasteiger partial charge in [0.1, 0.15) is 0 Å². The van der Waals surface area contributed by atoms with Crippen LogP contribution in [-0.2, 0) is 5.41 Å². The monoisotopic (exact) mass is 1890 g/mol. The van der Waals surface area contributed by atoms with Crippen LogP contribution in [0.4, 0.5) is 0 Å². The molecule has 7 heterocycles. The largest absolute Gasteiger partial charge is 0.309 e. The lowest BCUT2D eigenvalue weighted by atomic mass is 9.70. The number of thiophene rings is 2. The molecule has 32 rings (SSSR count). The first-order valence-corrected chi connectivity index (χ1v) is 51.9. The number of benzene rings is 23. The van der Waals surface area contributed by atoms with Crippen molar-refractivity contribution >= 4 is 172 Å². The van der Waals surface area contributed by atoms with Gasteiger partial charge in [-0.1, -0.05) is 352 Å². The second-order valence-corrected chi connectivity index (χ2v) is 40.9. The predicted molar refractivity (Wildman–Crippen MR) is 620 cm³/mol. The van der Waals surface area contributed by atoms with E-state index in [0.717, 1.165) is 0 Å². The van der Waals surface area contributed by atoms with Crippen LogP contribution in [-0.4, -0.2) is 22.8 Å². The summed E-state index contributed by atoms with van der Waals surface area (Å²) in [5.74, 6) is 0. The number of hydrogen-bond acceptors (Lipinski definition) is 2. The van der Waals surface area contributed by atoms with Crippen molar-refractivity contribution in [3.05, 3.63) is 550 Å². The molecule has 0 atom stereocenters. The molecule has 0 aliphatic heterocycles. The van der Waals surface area contributed by atoms with Crippen molar-refractivity contribution in [2.24, 2.45) is 0 Å². The Morgan fingerprint density at radius 2 is 0.418 bits per heavy atom. The number of fused-ring (bicyclic) bond motifs is 31. The van der Waals surface area contributed by atoms with Crippen molar-refractivity contribution in [1.82, 2.24) is 22.8 Å². The van der Waals surface area contributed by atoms with Crippen LogP contribution in [0.25, 0.3) is 256 Å². The van der Waals surface area contributed by atoms with Gasteiger partial charge in [0.15, 0.2) is 0 Å². The molecule has 7 aromatic heterocycles. The molecule has 0 bridgehead atoms. The zero-order valence-electron chi connectivity index (χ0n) is 79.3. The maximum Gasteiger partial charge on any atom is 0.0725 e. The second kappa shape index (κ2) is 33.3. The fourth-order valence-corrected chi connectivity index (χ4v) is 27.0. The summed E-state index contributed by atoms with van der Waals surface area (Å²) in [6, 6.07) is 194. The average molecular weight is 1890 g/mol. The Morgan fingerprint density at radius 1 is 0.130 bits per heavy atom. The number of hydrogen-bond donors (Lipinski definition) is 0. The number of para-hydroxylation sites is 7. The summed E-state index contributed by atoms with van der Waals surface area (Å²) in [4.78, 5) is 0. The van der Waals surface area contributed by atoms with Crippen molar-refractivity contribution in [2.45, 2.75) is 5.41 Å². The molecule has 2 aliphatic rings. The van der Waals surface area contributed by atoms with Crippen LogP contribution in [0.2, 0.25) is 0 Å². The summed E-state index contributed by atoms with van der Waals surface area (Å²) in [6.45, 7) is 0. The summed E-state index contributed by atoms with van der Waals surface area (Å²) in [6.07, 6.45) is 0.